The normalized spacial score (nSPS) is 20.7. The van der Waals surface area contributed by atoms with Gasteiger partial charge in [-0.15, -0.1) is 0 Å². The summed E-state index contributed by atoms with van der Waals surface area (Å²) in [7, 11) is 0. The van der Waals surface area contributed by atoms with Crippen molar-refractivity contribution in [2.75, 3.05) is 24.5 Å². The second kappa shape index (κ2) is 8.69. The summed E-state index contributed by atoms with van der Waals surface area (Å²) in [6.07, 6.45) is 6.88. The number of imidazole rings is 1. The lowest BCUT2D eigenvalue weighted by Crippen LogP contribution is -2.37. The molecule has 0 radical (unpaired) electrons. The molecule has 0 N–H and O–H groups in total. The molecule has 33 heavy (non-hydrogen) atoms. The van der Waals surface area contributed by atoms with E-state index in [9.17, 15) is 14.0 Å². The average molecular weight is 448 g/mol. The molecule has 8 heteroatoms. The minimum atomic E-state index is -0.642. The molecule has 0 bridgehead atoms. The van der Waals surface area contributed by atoms with Crippen LogP contribution in [0.4, 0.5) is 14.9 Å². The zero-order valence-electron chi connectivity index (χ0n) is 18.2. The molecule has 1 aromatic heterocycles. The number of anilines is 1. The van der Waals surface area contributed by atoms with Crippen LogP contribution >= 0.6 is 0 Å². The number of nitrogens with zero attached hydrogens (tertiary/aromatic N) is 4. The highest BCUT2D eigenvalue weighted by Crippen LogP contribution is 2.36. The predicted octanol–water partition coefficient (Wildman–Crippen LogP) is 4.09. The average Bonchev–Trinajstić information content (AvgIpc) is 3.38. The van der Waals surface area contributed by atoms with Crippen LogP contribution in [0.25, 0.3) is 0 Å². The quantitative estimate of drug-likeness (QED) is 0.603. The number of aromatic nitrogens is 2. The van der Waals surface area contributed by atoms with Crippen LogP contribution in [-0.4, -0.2) is 51.7 Å². The summed E-state index contributed by atoms with van der Waals surface area (Å²) in [6.45, 7) is 2.08. The van der Waals surface area contributed by atoms with E-state index in [4.69, 9.17) is 4.74 Å². The van der Waals surface area contributed by atoms with Crippen molar-refractivity contribution < 1.29 is 18.7 Å². The number of benzene rings is 2. The van der Waals surface area contributed by atoms with E-state index < -0.39 is 11.7 Å². The van der Waals surface area contributed by atoms with Gasteiger partial charge in [0.15, 0.2) is 0 Å². The van der Waals surface area contributed by atoms with E-state index in [1.165, 1.54) is 12.1 Å². The van der Waals surface area contributed by atoms with Crippen molar-refractivity contribution in [2.45, 2.75) is 31.4 Å². The van der Waals surface area contributed by atoms with Gasteiger partial charge in [0.2, 0.25) is 0 Å². The van der Waals surface area contributed by atoms with Gasteiger partial charge in [0, 0.05) is 49.7 Å². The number of likely N-dealkylation sites (tertiary alicyclic amines) is 1. The zero-order chi connectivity index (χ0) is 22.8. The van der Waals surface area contributed by atoms with Gasteiger partial charge in [-0.3, -0.25) is 9.69 Å². The van der Waals surface area contributed by atoms with Crippen LogP contribution in [-0.2, 0) is 11.3 Å². The maximum absolute atomic E-state index is 13.4. The van der Waals surface area contributed by atoms with Crippen molar-refractivity contribution >= 4 is 17.7 Å². The number of hydrogen-bond donors (Lipinski definition) is 0. The molecule has 2 fully saturated rings. The topological polar surface area (TPSA) is 67.7 Å². The molecule has 0 saturated carbocycles. The molecule has 170 valence electrons. The number of carbonyl (C=O) groups excluding carboxylic acids is 2. The summed E-state index contributed by atoms with van der Waals surface area (Å²) in [5.41, 5.74) is 1.59. The van der Waals surface area contributed by atoms with Crippen molar-refractivity contribution in [1.82, 2.24) is 14.5 Å². The number of rotatable bonds is 4. The van der Waals surface area contributed by atoms with E-state index in [0.717, 1.165) is 12.0 Å². The summed E-state index contributed by atoms with van der Waals surface area (Å²) in [5, 5.41) is 0. The van der Waals surface area contributed by atoms with Gasteiger partial charge in [0.05, 0.1) is 12.9 Å². The van der Waals surface area contributed by atoms with E-state index in [1.807, 2.05) is 39.9 Å². The first-order chi connectivity index (χ1) is 16.0. The van der Waals surface area contributed by atoms with E-state index in [2.05, 4.69) is 4.98 Å². The molecule has 0 aliphatic carbocycles. The SMILES string of the molecule is O=C(c1ccccc1Cn1ccnc1)N1CCC[C@@]2(CC1)CN(c1ccc(F)cc1)C(=O)O2. The number of halogens is 1. The van der Waals surface area contributed by atoms with Gasteiger partial charge in [0.25, 0.3) is 5.91 Å². The number of hydrogen-bond acceptors (Lipinski definition) is 4. The van der Waals surface area contributed by atoms with Gasteiger partial charge in [-0.2, -0.15) is 0 Å². The molecular weight excluding hydrogens is 423 g/mol. The van der Waals surface area contributed by atoms with Crippen LogP contribution in [0.15, 0.2) is 67.3 Å². The van der Waals surface area contributed by atoms with Gasteiger partial charge >= 0.3 is 6.09 Å². The minimum absolute atomic E-state index is 0.0116. The van der Waals surface area contributed by atoms with Gasteiger partial charge < -0.3 is 14.2 Å². The maximum atomic E-state index is 13.4. The third kappa shape index (κ3) is 4.33. The number of carbonyl (C=O) groups is 2. The fraction of sp³-hybridized carbons (Fsp3) is 0.320. The Kier molecular flexibility index (Phi) is 5.58. The summed E-state index contributed by atoms with van der Waals surface area (Å²) < 4.78 is 21.1. The first-order valence-electron chi connectivity index (χ1n) is 11.1. The first-order valence-corrected chi connectivity index (χ1v) is 11.1. The minimum Gasteiger partial charge on any atom is -0.441 e. The van der Waals surface area contributed by atoms with Gasteiger partial charge in [0.1, 0.15) is 11.4 Å². The van der Waals surface area contributed by atoms with E-state index in [1.54, 1.807) is 29.6 Å². The molecule has 2 amide bonds. The number of amides is 2. The molecule has 2 aliphatic heterocycles. The van der Waals surface area contributed by atoms with Crippen molar-refractivity contribution in [3.05, 3.63) is 84.2 Å². The molecule has 7 nitrogen and oxygen atoms in total. The Morgan fingerprint density at radius 1 is 1.09 bits per heavy atom. The largest absolute Gasteiger partial charge is 0.441 e. The molecule has 2 saturated heterocycles. The van der Waals surface area contributed by atoms with Gasteiger partial charge in [-0.25, -0.2) is 14.2 Å². The summed E-state index contributed by atoms with van der Waals surface area (Å²) in [6, 6.07) is 13.5. The third-order valence-corrected chi connectivity index (χ3v) is 6.45. The van der Waals surface area contributed by atoms with Crippen LogP contribution < -0.4 is 4.90 Å². The Hall–Kier alpha value is -3.68. The van der Waals surface area contributed by atoms with Gasteiger partial charge in [-0.1, -0.05) is 18.2 Å². The predicted molar refractivity (Wildman–Crippen MR) is 120 cm³/mol. The second-order valence-electron chi connectivity index (χ2n) is 8.65. The molecule has 2 aliphatic rings. The highest BCUT2D eigenvalue weighted by atomic mass is 19.1. The molecule has 3 heterocycles. The van der Waals surface area contributed by atoms with Crippen molar-refractivity contribution in [3.8, 4) is 0 Å². The van der Waals surface area contributed by atoms with Gasteiger partial charge in [-0.05, 0) is 48.7 Å². The fourth-order valence-electron chi connectivity index (χ4n) is 4.69. The van der Waals surface area contributed by atoms with E-state index >= 15 is 0 Å². The van der Waals surface area contributed by atoms with Crippen LogP contribution in [0, 0.1) is 5.82 Å². The summed E-state index contributed by atoms with van der Waals surface area (Å²) in [5.74, 6) is -0.361. The van der Waals surface area contributed by atoms with Crippen LogP contribution in [0.5, 0.6) is 0 Å². The Bertz CT molecular complexity index is 1150. The van der Waals surface area contributed by atoms with Crippen molar-refractivity contribution in [2.24, 2.45) is 0 Å². The zero-order valence-corrected chi connectivity index (χ0v) is 18.2. The van der Waals surface area contributed by atoms with Crippen LogP contribution in [0.3, 0.4) is 0 Å². The van der Waals surface area contributed by atoms with Crippen LogP contribution in [0.2, 0.25) is 0 Å². The Balaban J connectivity index is 1.30. The Morgan fingerprint density at radius 2 is 1.91 bits per heavy atom. The Morgan fingerprint density at radius 3 is 2.70 bits per heavy atom. The molecule has 3 aromatic rings. The summed E-state index contributed by atoms with van der Waals surface area (Å²) >= 11 is 0. The molecule has 5 rings (SSSR count). The van der Waals surface area contributed by atoms with Crippen molar-refractivity contribution in [3.63, 3.8) is 0 Å². The smallest absolute Gasteiger partial charge is 0.415 e. The van der Waals surface area contributed by atoms with E-state index in [-0.39, 0.29) is 11.7 Å². The lowest BCUT2D eigenvalue weighted by molar-refractivity contribution is 0.0438. The molecule has 1 atom stereocenters. The lowest BCUT2D eigenvalue weighted by Gasteiger charge is -2.26. The second-order valence-corrected chi connectivity index (χ2v) is 8.65. The highest BCUT2D eigenvalue weighted by Gasteiger charge is 2.46. The molecule has 0 unspecified atom stereocenters. The third-order valence-electron chi connectivity index (χ3n) is 6.45. The van der Waals surface area contributed by atoms with E-state index in [0.29, 0.717) is 50.3 Å². The highest BCUT2D eigenvalue weighted by molar-refractivity contribution is 5.96. The lowest BCUT2D eigenvalue weighted by atomic mass is 9.95. The molecular formula is C25H25FN4O3. The monoisotopic (exact) mass is 448 g/mol. The number of ether oxygens (including phenoxy) is 1. The molecule has 1 spiro atoms. The Labute approximate surface area is 191 Å². The van der Waals surface area contributed by atoms with Crippen molar-refractivity contribution in [1.29, 1.82) is 0 Å². The standard InChI is InChI=1S/C25H25FN4O3/c26-20-6-8-21(9-7-20)30-17-25(33-24(30)32)10-3-13-29(14-11-25)23(31)22-5-2-1-4-19(22)16-28-15-12-27-18-28/h1-2,4-9,12,15,18H,3,10-11,13-14,16-17H2/t25-/m1/s1. The maximum Gasteiger partial charge on any atom is 0.415 e. The molecule has 2 aromatic carbocycles. The summed E-state index contributed by atoms with van der Waals surface area (Å²) in [4.78, 5) is 33.5. The first kappa shape index (κ1) is 21.2. The van der Waals surface area contributed by atoms with Crippen LogP contribution in [0.1, 0.15) is 35.2 Å². The fourth-order valence-corrected chi connectivity index (χ4v) is 4.69.